The summed E-state index contributed by atoms with van der Waals surface area (Å²) in [7, 11) is 1.76. The summed E-state index contributed by atoms with van der Waals surface area (Å²) in [5.74, 6) is 0.449. The van der Waals surface area contributed by atoms with Gasteiger partial charge in [0.15, 0.2) is 5.65 Å². The summed E-state index contributed by atoms with van der Waals surface area (Å²) in [5, 5.41) is 7.62. The van der Waals surface area contributed by atoms with E-state index in [1.165, 1.54) is 6.20 Å². The Kier molecular flexibility index (Phi) is 2.75. The van der Waals surface area contributed by atoms with E-state index in [0.29, 0.717) is 23.5 Å². The minimum absolute atomic E-state index is 0.186. The van der Waals surface area contributed by atoms with Crippen LogP contribution in [0.2, 0.25) is 0 Å². The fourth-order valence-electron chi connectivity index (χ4n) is 1.90. The van der Waals surface area contributed by atoms with Crippen molar-refractivity contribution >= 4 is 17.0 Å². The SMILES string of the molecule is Cn1ncc2c(=O)[nH]c(NCc3ccccc3)nc21. The summed E-state index contributed by atoms with van der Waals surface area (Å²) in [6.45, 7) is 0.604. The Labute approximate surface area is 109 Å². The zero-order valence-corrected chi connectivity index (χ0v) is 10.4. The Bertz CT molecular complexity index is 760. The Hall–Kier alpha value is -2.63. The molecular formula is C13H13N5O. The van der Waals surface area contributed by atoms with Crippen LogP contribution in [0.3, 0.4) is 0 Å². The highest BCUT2D eigenvalue weighted by atomic mass is 16.1. The van der Waals surface area contributed by atoms with E-state index < -0.39 is 0 Å². The quantitative estimate of drug-likeness (QED) is 0.739. The highest BCUT2D eigenvalue weighted by Gasteiger charge is 2.07. The second-order valence-corrected chi connectivity index (χ2v) is 4.26. The van der Waals surface area contributed by atoms with Crippen molar-refractivity contribution in [2.75, 3.05) is 5.32 Å². The van der Waals surface area contributed by atoms with E-state index in [2.05, 4.69) is 20.4 Å². The van der Waals surface area contributed by atoms with E-state index in [1.54, 1.807) is 11.7 Å². The molecule has 0 aliphatic carbocycles. The smallest absolute Gasteiger partial charge is 0.263 e. The van der Waals surface area contributed by atoms with Crippen LogP contribution in [0.5, 0.6) is 0 Å². The first-order chi connectivity index (χ1) is 9.24. The lowest BCUT2D eigenvalue weighted by molar-refractivity contribution is 0.785. The van der Waals surface area contributed by atoms with Gasteiger partial charge in [0, 0.05) is 13.6 Å². The largest absolute Gasteiger partial charge is 0.352 e. The van der Waals surface area contributed by atoms with Crippen molar-refractivity contribution in [3.63, 3.8) is 0 Å². The van der Waals surface area contributed by atoms with Crippen LogP contribution in [0.4, 0.5) is 5.95 Å². The number of hydrogen-bond donors (Lipinski definition) is 2. The maximum Gasteiger partial charge on any atom is 0.263 e. The molecule has 0 fully saturated rings. The topological polar surface area (TPSA) is 75.6 Å². The molecule has 0 saturated carbocycles. The number of nitrogens with zero attached hydrogens (tertiary/aromatic N) is 3. The molecule has 3 aromatic rings. The summed E-state index contributed by atoms with van der Waals surface area (Å²) in [6.07, 6.45) is 1.52. The minimum atomic E-state index is -0.186. The molecule has 0 bridgehead atoms. The van der Waals surface area contributed by atoms with Crippen LogP contribution in [0.1, 0.15) is 5.56 Å². The zero-order chi connectivity index (χ0) is 13.2. The molecule has 2 heterocycles. The summed E-state index contributed by atoms with van der Waals surface area (Å²) in [5.41, 5.74) is 1.50. The van der Waals surface area contributed by atoms with Crippen LogP contribution in [-0.4, -0.2) is 19.7 Å². The van der Waals surface area contributed by atoms with E-state index >= 15 is 0 Å². The number of nitrogens with one attached hydrogen (secondary N) is 2. The maximum atomic E-state index is 11.8. The molecule has 19 heavy (non-hydrogen) atoms. The van der Waals surface area contributed by atoms with E-state index in [-0.39, 0.29) is 5.56 Å². The lowest BCUT2D eigenvalue weighted by atomic mass is 10.2. The van der Waals surface area contributed by atoms with Crippen molar-refractivity contribution in [3.05, 3.63) is 52.4 Å². The number of H-pyrrole nitrogens is 1. The van der Waals surface area contributed by atoms with Crippen molar-refractivity contribution in [3.8, 4) is 0 Å². The standard InChI is InChI=1S/C13H13N5O/c1-18-11-10(8-15-18)12(19)17-13(16-11)14-7-9-5-3-2-4-6-9/h2-6,8H,7H2,1H3,(H2,14,16,17,19). The monoisotopic (exact) mass is 255 g/mol. The normalized spacial score (nSPS) is 10.8. The Morgan fingerprint density at radius 3 is 2.89 bits per heavy atom. The first kappa shape index (κ1) is 11.5. The molecule has 0 aliphatic heterocycles. The van der Waals surface area contributed by atoms with E-state index in [1.807, 2.05) is 30.3 Å². The van der Waals surface area contributed by atoms with E-state index in [4.69, 9.17) is 0 Å². The van der Waals surface area contributed by atoms with Gasteiger partial charge < -0.3 is 5.32 Å². The van der Waals surface area contributed by atoms with Gasteiger partial charge in [0.1, 0.15) is 5.39 Å². The van der Waals surface area contributed by atoms with E-state index in [9.17, 15) is 4.79 Å². The van der Waals surface area contributed by atoms with Gasteiger partial charge in [-0.3, -0.25) is 14.5 Å². The first-order valence-corrected chi connectivity index (χ1v) is 5.94. The fraction of sp³-hybridized carbons (Fsp3) is 0.154. The highest BCUT2D eigenvalue weighted by molar-refractivity contribution is 5.74. The molecule has 2 aromatic heterocycles. The lowest BCUT2D eigenvalue weighted by Gasteiger charge is -2.05. The zero-order valence-electron chi connectivity index (χ0n) is 10.4. The molecular weight excluding hydrogens is 242 g/mol. The number of aromatic nitrogens is 4. The van der Waals surface area contributed by atoms with Gasteiger partial charge in [-0.1, -0.05) is 30.3 Å². The molecule has 1 aromatic carbocycles. The molecule has 96 valence electrons. The molecule has 0 saturated heterocycles. The van der Waals surface area contributed by atoms with Crippen LogP contribution < -0.4 is 10.9 Å². The number of aromatic amines is 1. The molecule has 0 radical (unpaired) electrons. The minimum Gasteiger partial charge on any atom is -0.352 e. The number of fused-ring (bicyclic) bond motifs is 1. The van der Waals surface area contributed by atoms with Crippen molar-refractivity contribution in [2.45, 2.75) is 6.54 Å². The van der Waals surface area contributed by atoms with Crippen LogP contribution in [0.15, 0.2) is 41.3 Å². The summed E-state index contributed by atoms with van der Waals surface area (Å²) >= 11 is 0. The number of anilines is 1. The van der Waals surface area contributed by atoms with Crippen LogP contribution in [0.25, 0.3) is 11.0 Å². The second kappa shape index (κ2) is 4.56. The Morgan fingerprint density at radius 2 is 2.11 bits per heavy atom. The predicted octanol–water partition coefficient (Wildman–Crippen LogP) is 1.27. The molecule has 2 N–H and O–H groups in total. The number of aryl methyl sites for hydroxylation is 1. The Morgan fingerprint density at radius 1 is 1.32 bits per heavy atom. The Balaban J connectivity index is 1.89. The van der Waals surface area contributed by atoms with Crippen molar-refractivity contribution < 1.29 is 0 Å². The van der Waals surface area contributed by atoms with Gasteiger partial charge in [-0.05, 0) is 5.56 Å². The third kappa shape index (κ3) is 2.20. The summed E-state index contributed by atoms with van der Waals surface area (Å²) < 4.78 is 1.58. The van der Waals surface area contributed by atoms with Crippen LogP contribution in [0, 0.1) is 0 Å². The molecule has 6 heteroatoms. The molecule has 6 nitrogen and oxygen atoms in total. The van der Waals surface area contributed by atoms with Crippen molar-refractivity contribution in [1.29, 1.82) is 0 Å². The highest BCUT2D eigenvalue weighted by Crippen LogP contribution is 2.08. The van der Waals surface area contributed by atoms with Gasteiger partial charge in [-0.15, -0.1) is 0 Å². The van der Waals surface area contributed by atoms with Gasteiger partial charge in [0.05, 0.1) is 6.20 Å². The van der Waals surface area contributed by atoms with Gasteiger partial charge >= 0.3 is 0 Å². The van der Waals surface area contributed by atoms with Gasteiger partial charge in [0.2, 0.25) is 5.95 Å². The van der Waals surface area contributed by atoms with Crippen molar-refractivity contribution in [1.82, 2.24) is 19.7 Å². The van der Waals surface area contributed by atoms with Crippen molar-refractivity contribution in [2.24, 2.45) is 7.05 Å². The third-order valence-corrected chi connectivity index (χ3v) is 2.90. The number of hydrogen-bond acceptors (Lipinski definition) is 4. The average molecular weight is 255 g/mol. The van der Waals surface area contributed by atoms with E-state index in [0.717, 1.165) is 5.56 Å². The first-order valence-electron chi connectivity index (χ1n) is 5.94. The maximum absolute atomic E-state index is 11.8. The molecule has 0 unspecified atom stereocenters. The number of benzene rings is 1. The lowest BCUT2D eigenvalue weighted by Crippen LogP contribution is -2.13. The average Bonchev–Trinajstić information content (AvgIpc) is 2.80. The fourth-order valence-corrected chi connectivity index (χ4v) is 1.90. The third-order valence-electron chi connectivity index (χ3n) is 2.90. The van der Waals surface area contributed by atoms with Crippen LogP contribution >= 0.6 is 0 Å². The summed E-state index contributed by atoms with van der Waals surface area (Å²) in [4.78, 5) is 18.9. The molecule has 0 atom stereocenters. The van der Waals surface area contributed by atoms with Crippen LogP contribution in [-0.2, 0) is 13.6 Å². The predicted molar refractivity (Wildman–Crippen MR) is 72.9 cm³/mol. The van der Waals surface area contributed by atoms with Gasteiger partial charge in [-0.2, -0.15) is 10.1 Å². The van der Waals surface area contributed by atoms with Gasteiger partial charge in [-0.25, -0.2) is 0 Å². The second-order valence-electron chi connectivity index (χ2n) is 4.26. The molecule has 0 aliphatic rings. The summed E-state index contributed by atoms with van der Waals surface area (Å²) in [6, 6.07) is 9.92. The molecule has 0 spiro atoms. The molecule has 3 rings (SSSR count). The number of rotatable bonds is 3. The molecule has 0 amide bonds. The van der Waals surface area contributed by atoms with Gasteiger partial charge in [0.25, 0.3) is 5.56 Å².